The molecule has 0 aliphatic carbocycles. The van der Waals surface area contributed by atoms with Gasteiger partial charge in [-0.25, -0.2) is 9.59 Å². The number of ether oxygens (including phenoxy) is 4. The van der Waals surface area contributed by atoms with Gasteiger partial charge in [-0.3, -0.25) is 4.79 Å². The molecule has 1 atom stereocenters. The van der Waals surface area contributed by atoms with Crippen LogP contribution in [0.4, 0.5) is 4.79 Å². The highest BCUT2D eigenvalue weighted by molar-refractivity contribution is 5.86. The van der Waals surface area contributed by atoms with Crippen LogP contribution in [0.15, 0.2) is 75.9 Å². The molecule has 3 aromatic carbocycles. The number of carbonyl (C=O) groups is 2. The molecule has 212 valence electrons. The van der Waals surface area contributed by atoms with Gasteiger partial charge in [-0.2, -0.15) is 0 Å². The maximum Gasteiger partial charge on any atom is 0.408 e. The lowest BCUT2D eigenvalue weighted by Gasteiger charge is -2.19. The van der Waals surface area contributed by atoms with Gasteiger partial charge in [0.25, 0.3) is 0 Å². The molecule has 1 aromatic heterocycles. The molecule has 5 rings (SSSR count). The van der Waals surface area contributed by atoms with Gasteiger partial charge in [-0.05, 0) is 54.7 Å². The maximum absolute atomic E-state index is 13.5. The Morgan fingerprint density at radius 3 is 2.46 bits per heavy atom. The molecule has 41 heavy (non-hydrogen) atoms. The first-order chi connectivity index (χ1) is 19.8. The number of rotatable bonds is 8. The fourth-order valence-corrected chi connectivity index (χ4v) is 4.66. The standard InChI is InChI=1S/C32H31NO8/c1-19(2)15-25(33-32(36)39-18-21-7-5-4-6-8-21)31(35)41-23-10-11-24-27(17-23)40-20(3)29(30(24)34)22-9-12-26-28(16-22)38-14-13-37-26/h4-12,16-17,19,25H,13-15,18H2,1-3H3,(H,33,36). The minimum absolute atomic E-state index is 0.0768. The smallest absolute Gasteiger partial charge is 0.408 e. The molecule has 9 heteroatoms. The molecule has 0 saturated carbocycles. The lowest BCUT2D eigenvalue weighted by molar-refractivity contribution is -0.137. The Balaban J connectivity index is 1.33. The number of alkyl carbamates (subject to hydrolysis) is 1. The van der Waals surface area contributed by atoms with Crippen molar-refractivity contribution in [3.63, 3.8) is 0 Å². The summed E-state index contributed by atoms with van der Waals surface area (Å²) in [5, 5.41) is 2.95. The van der Waals surface area contributed by atoms with Crippen LogP contribution in [0.25, 0.3) is 22.1 Å². The summed E-state index contributed by atoms with van der Waals surface area (Å²) in [4.78, 5) is 39.0. The summed E-state index contributed by atoms with van der Waals surface area (Å²) in [6.45, 7) is 6.56. The van der Waals surface area contributed by atoms with Crippen molar-refractivity contribution in [3.8, 4) is 28.4 Å². The Kier molecular flexibility index (Phi) is 8.24. The van der Waals surface area contributed by atoms with E-state index in [9.17, 15) is 14.4 Å². The average Bonchev–Trinajstić information content (AvgIpc) is 2.96. The van der Waals surface area contributed by atoms with Gasteiger partial charge in [-0.1, -0.05) is 50.2 Å². The van der Waals surface area contributed by atoms with Gasteiger partial charge < -0.3 is 28.7 Å². The van der Waals surface area contributed by atoms with Crippen molar-refractivity contribution < 1.29 is 33.0 Å². The van der Waals surface area contributed by atoms with Gasteiger partial charge in [0, 0.05) is 6.07 Å². The molecule has 0 spiro atoms. The quantitative estimate of drug-likeness (QED) is 0.214. The van der Waals surface area contributed by atoms with Crippen LogP contribution in [-0.4, -0.2) is 31.3 Å². The minimum Gasteiger partial charge on any atom is -0.486 e. The van der Waals surface area contributed by atoms with Crippen LogP contribution in [0.1, 0.15) is 31.6 Å². The number of benzene rings is 3. The highest BCUT2D eigenvalue weighted by Crippen LogP contribution is 2.35. The summed E-state index contributed by atoms with van der Waals surface area (Å²) >= 11 is 0. The third kappa shape index (κ3) is 6.51. The van der Waals surface area contributed by atoms with Crippen molar-refractivity contribution in [2.75, 3.05) is 13.2 Å². The van der Waals surface area contributed by atoms with Crippen LogP contribution in [0.3, 0.4) is 0 Å². The molecule has 0 saturated heterocycles. The van der Waals surface area contributed by atoms with Gasteiger partial charge in [0.15, 0.2) is 11.5 Å². The maximum atomic E-state index is 13.5. The summed E-state index contributed by atoms with van der Waals surface area (Å²) in [7, 11) is 0. The van der Waals surface area contributed by atoms with Crippen molar-refractivity contribution in [1.82, 2.24) is 5.32 Å². The van der Waals surface area contributed by atoms with Gasteiger partial charge in [-0.15, -0.1) is 0 Å². The van der Waals surface area contributed by atoms with E-state index in [-0.39, 0.29) is 29.3 Å². The molecule has 1 amide bonds. The predicted molar refractivity (Wildman–Crippen MR) is 152 cm³/mol. The number of esters is 1. The zero-order valence-electron chi connectivity index (χ0n) is 23.1. The molecule has 4 aromatic rings. The lowest BCUT2D eigenvalue weighted by Crippen LogP contribution is -2.44. The zero-order valence-corrected chi connectivity index (χ0v) is 23.1. The van der Waals surface area contributed by atoms with E-state index in [4.69, 9.17) is 23.4 Å². The first-order valence-corrected chi connectivity index (χ1v) is 13.4. The third-order valence-corrected chi connectivity index (χ3v) is 6.59. The number of amides is 1. The monoisotopic (exact) mass is 557 g/mol. The fourth-order valence-electron chi connectivity index (χ4n) is 4.66. The number of hydrogen-bond donors (Lipinski definition) is 1. The van der Waals surface area contributed by atoms with Crippen molar-refractivity contribution in [1.29, 1.82) is 0 Å². The van der Waals surface area contributed by atoms with E-state index in [0.717, 1.165) is 5.56 Å². The second-order valence-corrected chi connectivity index (χ2v) is 10.2. The first kappa shape index (κ1) is 27.8. The third-order valence-electron chi connectivity index (χ3n) is 6.59. The Labute approximate surface area is 237 Å². The van der Waals surface area contributed by atoms with E-state index in [1.54, 1.807) is 31.2 Å². The van der Waals surface area contributed by atoms with E-state index in [0.29, 0.717) is 53.4 Å². The number of fused-ring (bicyclic) bond motifs is 2. The minimum atomic E-state index is -0.930. The van der Waals surface area contributed by atoms with Crippen molar-refractivity contribution in [2.45, 2.75) is 39.8 Å². The van der Waals surface area contributed by atoms with E-state index < -0.39 is 18.1 Å². The Morgan fingerprint density at radius 2 is 1.71 bits per heavy atom. The van der Waals surface area contributed by atoms with Gasteiger partial charge >= 0.3 is 12.1 Å². The molecular formula is C32H31NO8. The predicted octanol–water partition coefficient (Wildman–Crippen LogP) is 5.79. The highest BCUT2D eigenvalue weighted by atomic mass is 16.6. The average molecular weight is 558 g/mol. The highest BCUT2D eigenvalue weighted by Gasteiger charge is 2.25. The van der Waals surface area contributed by atoms with Crippen LogP contribution >= 0.6 is 0 Å². The molecule has 1 N–H and O–H groups in total. The number of hydrogen-bond acceptors (Lipinski definition) is 8. The van der Waals surface area contributed by atoms with E-state index in [2.05, 4.69) is 5.32 Å². The van der Waals surface area contributed by atoms with E-state index in [1.807, 2.05) is 44.2 Å². The molecule has 1 unspecified atom stereocenters. The summed E-state index contributed by atoms with van der Waals surface area (Å²) in [6, 6.07) is 18.2. The number of aryl methyl sites for hydroxylation is 1. The Hall–Kier alpha value is -4.79. The molecular weight excluding hydrogens is 526 g/mol. The van der Waals surface area contributed by atoms with Gasteiger partial charge in [0.05, 0.1) is 10.9 Å². The van der Waals surface area contributed by atoms with Gasteiger partial charge in [0.2, 0.25) is 5.43 Å². The molecule has 1 aliphatic rings. The van der Waals surface area contributed by atoms with Crippen LogP contribution < -0.4 is 25.0 Å². The van der Waals surface area contributed by atoms with Crippen LogP contribution in [0.2, 0.25) is 0 Å². The Bertz CT molecular complexity index is 1630. The Morgan fingerprint density at radius 1 is 0.951 bits per heavy atom. The molecule has 1 aliphatic heterocycles. The summed E-state index contributed by atoms with van der Waals surface area (Å²) in [5.41, 5.74) is 1.94. The van der Waals surface area contributed by atoms with E-state index >= 15 is 0 Å². The molecule has 0 bridgehead atoms. The van der Waals surface area contributed by atoms with Crippen molar-refractivity contribution in [3.05, 3.63) is 88.3 Å². The SMILES string of the molecule is Cc1oc2cc(OC(=O)C(CC(C)C)NC(=O)OCc3ccccc3)ccc2c(=O)c1-c1ccc2c(c1)OCCO2. The normalized spacial score (nSPS) is 13.1. The second-order valence-electron chi connectivity index (χ2n) is 10.2. The molecule has 9 nitrogen and oxygen atoms in total. The van der Waals surface area contributed by atoms with Crippen molar-refractivity contribution >= 4 is 23.0 Å². The summed E-state index contributed by atoms with van der Waals surface area (Å²) in [6.07, 6.45) is -0.372. The summed E-state index contributed by atoms with van der Waals surface area (Å²) < 4.78 is 28.1. The number of nitrogens with one attached hydrogen (secondary N) is 1. The van der Waals surface area contributed by atoms with Crippen LogP contribution in [-0.2, 0) is 16.1 Å². The largest absolute Gasteiger partial charge is 0.486 e. The topological polar surface area (TPSA) is 113 Å². The first-order valence-electron chi connectivity index (χ1n) is 13.4. The van der Waals surface area contributed by atoms with Gasteiger partial charge in [0.1, 0.15) is 43.0 Å². The van der Waals surface area contributed by atoms with Crippen molar-refractivity contribution in [2.24, 2.45) is 5.92 Å². The number of carbonyl (C=O) groups excluding carboxylic acids is 2. The van der Waals surface area contributed by atoms with E-state index in [1.165, 1.54) is 12.1 Å². The zero-order chi connectivity index (χ0) is 28.9. The molecule has 2 heterocycles. The molecule has 0 radical (unpaired) electrons. The second kappa shape index (κ2) is 12.2. The summed E-state index contributed by atoms with van der Waals surface area (Å²) in [5.74, 6) is 1.24. The fraction of sp³-hybridized carbons (Fsp3) is 0.281. The van der Waals surface area contributed by atoms with Crippen LogP contribution in [0.5, 0.6) is 17.2 Å². The van der Waals surface area contributed by atoms with Crippen LogP contribution in [0, 0.1) is 12.8 Å². The lowest BCUT2D eigenvalue weighted by atomic mass is 10.0. The molecule has 0 fully saturated rings.